The maximum absolute atomic E-state index is 4.61. The summed E-state index contributed by atoms with van der Waals surface area (Å²) in [5, 5.41) is 8.84. The van der Waals surface area contributed by atoms with Crippen LogP contribution in [0.1, 0.15) is 28.5 Å². The lowest BCUT2D eigenvalue weighted by molar-refractivity contribution is 0.836. The molecule has 0 aliphatic rings. The van der Waals surface area contributed by atoms with E-state index in [1.165, 1.54) is 4.88 Å². The van der Waals surface area contributed by atoms with Crippen LogP contribution in [0.3, 0.4) is 0 Å². The number of hydrogen-bond donors (Lipinski definition) is 1. The van der Waals surface area contributed by atoms with Crippen LogP contribution < -0.4 is 5.32 Å². The van der Waals surface area contributed by atoms with Crippen molar-refractivity contribution >= 4 is 17.0 Å². The highest BCUT2D eigenvalue weighted by Crippen LogP contribution is 2.25. The number of aryl methyl sites for hydroxylation is 2. The number of benzene rings is 1. The molecule has 2 aromatic heterocycles. The summed E-state index contributed by atoms with van der Waals surface area (Å²) >= 11 is 1.75. The van der Waals surface area contributed by atoms with E-state index in [1.807, 2.05) is 23.9 Å². The first-order chi connectivity index (χ1) is 10.1. The van der Waals surface area contributed by atoms with E-state index < -0.39 is 0 Å². The maximum atomic E-state index is 4.61. The van der Waals surface area contributed by atoms with Gasteiger partial charge < -0.3 is 5.32 Å². The molecule has 0 saturated carbocycles. The third kappa shape index (κ3) is 2.97. The van der Waals surface area contributed by atoms with Gasteiger partial charge in [-0.25, -0.2) is 9.67 Å². The summed E-state index contributed by atoms with van der Waals surface area (Å²) in [6, 6.07) is 10.4. The molecule has 1 N–H and O–H groups in total. The van der Waals surface area contributed by atoms with Crippen LogP contribution in [-0.4, -0.2) is 14.8 Å². The molecule has 0 fully saturated rings. The van der Waals surface area contributed by atoms with Crippen molar-refractivity contribution in [2.75, 3.05) is 5.32 Å². The molecule has 1 aromatic carbocycles. The number of anilines is 1. The Morgan fingerprint density at radius 1 is 1.19 bits per heavy atom. The lowest BCUT2D eigenvalue weighted by atomic mass is 10.2. The second-order valence-corrected chi connectivity index (χ2v) is 6.45. The molecular weight excluding hydrogens is 280 g/mol. The Hall–Kier alpha value is -2.14. The average molecular weight is 298 g/mol. The number of rotatable bonds is 4. The zero-order valence-electron chi connectivity index (χ0n) is 12.4. The van der Waals surface area contributed by atoms with Gasteiger partial charge in [-0.2, -0.15) is 5.10 Å². The first-order valence-electron chi connectivity index (χ1n) is 6.94. The first-order valence-corrected chi connectivity index (χ1v) is 7.75. The molecule has 0 saturated heterocycles. The Morgan fingerprint density at radius 2 is 1.95 bits per heavy atom. The van der Waals surface area contributed by atoms with Gasteiger partial charge in [0.15, 0.2) is 0 Å². The van der Waals surface area contributed by atoms with Gasteiger partial charge in [-0.1, -0.05) is 0 Å². The van der Waals surface area contributed by atoms with E-state index in [4.69, 9.17) is 0 Å². The van der Waals surface area contributed by atoms with Crippen molar-refractivity contribution in [1.29, 1.82) is 0 Å². The van der Waals surface area contributed by atoms with Crippen LogP contribution in [0.4, 0.5) is 5.69 Å². The molecule has 1 atom stereocenters. The highest BCUT2D eigenvalue weighted by atomic mass is 32.1. The van der Waals surface area contributed by atoms with E-state index in [1.54, 1.807) is 17.5 Å². The van der Waals surface area contributed by atoms with Crippen LogP contribution >= 0.6 is 11.3 Å². The van der Waals surface area contributed by atoms with Gasteiger partial charge in [0.25, 0.3) is 0 Å². The minimum Gasteiger partial charge on any atom is -0.377 e. The molecule has 108 valence electrons. The SMILES string of the molecule is Cc1nc(C(C)Nc2ccc(-n3cccn3)cc2)c(C)s1. The Labute approximate surface area is 128 Å². The minimum atomic E-state index is 0.200. The average Bonchev–Trinajstić information content (AvgIpc) is 3.09. The summed E-state index contributed by atoms with van der Waals surface area (Å²) < 4.78 is 1.85. The number of nitrogens with zero attached hydrogens (tertiary/aromatic N) is 3. The molecule has 0 aliphatic carbocycles. The predicted molar refractivity (Wildman–Crippen MR) is 87.2 cm³/mol. The van der Waals surface area contributed by atoms with Crippen LogP contribution in [0.5, 0.6) is 0 Å². The van der Waals surface area contributed by atoms with Crippen LogP contribution in [-0.2, 0) is 0 Å². The van der Waals surface area contributed by atoms with E-state index in [0.29, 0.717) is 0 Å². The standard InChI is InChI=1S/C16H18N4S/c1-11(16-12(2)21-13(3)19-16)18-14-5-7-15(8-6-14)20-10-4-9-17-20/h4-11,18H,1-3H3. The quantitative estimate of drug-likeness (QED) is 0.788. The third-order valence-electron chi connectivity index (χ3n) is 3.37. The van der Waals surface area contributed by atoms with Crippen molar-refractivity contribution in [1.82, 2.24) is 14.8 Å². The van der Waals surface area contributed by atoms with Crippen LogP contribution in [0.25, 0.3) is 5.69 Å². The van der Waals surface area contributed by atoms with Crippen molar-refractivity contribution in [3.05, 3.63) is 58.3 Å². The summed E-state index contributed by atoms with van der Waals surface area (Å²) in [6.07, 6.45) is 3.72. The second kappa shape index (κ2) is 5.69. The zero-order chi connectivity index (χ0) is 14.8. The van der Waals surface area contributed by atoms with Gasteiger partial charge in [-0.3, -0.25) is 0 Å². The second-order valence-electron chi connectivity index (χ2n) is 5.04. The van der Waals surface area contributed by atoms with Gasteiger partial charge in [0.2, 0.25) is 0 Å². The van der Waals surface area contributed by atoms with Gasteiger partial charge in [-0.15, -0.1) is 11.3 Å². The van der Waals surface area contributed by atoms with Crippen molar-refractivity contribution in [2.24, 2.45) is 0 Å². The summed E-state index contributed by atoms with van der Waals surface area (Å²) in [7, 11) is 0. The van der Waals surface area contributed by atoms with Gasteiger partial charge in [0.1, 0.15) is 0 Å². The van der Waals surface area contributed by atoms with E-state index in [2.05, 4.69) is 53.5 Å². The van der Waals surface area contributed by atoms with Crippen molar-refractivity contribution in [3.8, 4) is 5.69 Å². The largest absolute Gasteiger partial charge is 0.377 e. The molecule has 21 heavy (non-hydrogen) atoms. The molecule has 5 heteroatoms. The van der Waals surface area contributed by atoms with Crippen LogP contribution in [0.2, 0.25) is 0 Å². The van der Waals surface area contributed by atoms with E-state index in [9.17, 15) is 0 Å². The first kappa shape index (κ1) is 13.8. The molecule has 0 bridgehead atoms. The number of aromatic nitrogens is 3. The summed E-state index contributed by atoms with van der Waals surface area (Å²) in [4.78, 5) is 5.88. The normalized spacial score (nSPS) is 12.3. The molecule has 0 radical (unpaired) electrons. The number of thiazole rings is 1. The fourth-order valence-electron chi connectivity index (χ4n) is 2.40. The van der Waals surface area contributed by atoms with Crippen molar-refractivity contribution in [2.45, 2.75) is 26.8 Å². The van der Waals surface area contributed by atoms with Crippen molar-refractivity contribution in [3.63, 3.8) is 0 Å². The molecule has 0 aliphatic heterocycles. The molecule has 0 spiro atoms. The van der Waals surface area contributed by atoms with Gasteiger partial charge in [0.05, 0.1) is 22.4 Å². The molecule has 4 nitrogen and oxygen atoms in total. The zero-order valence-corrected chi connectivity index (χ0v) is 13.2. The maximum Gasteiger partial charge on any atom is 0.0901 e. The van der Waals surface area contributed by atoms with E-state index in [-0.39, 0.29) is 6.04 Å². The smallest absolute Gasteiger partial charge is 0.0901 e. The summed E-state index contributed by atoms with van der Waals surface area (Å²) in [5.74, 6) is 0. The Bertz CT molecular complexity index is 713. The molecule has 1 unspecified atom stereocenters. The monoisotopic (exact) mass is 298 g/mol. The molecule has 2 heterocycles. The lowest BCUT2D eigenvalue weighted by Gasteiger charge is -2.14. The Kier molecular flexibility index (Phi) is 3.75. The van der Waals surface area contributed by atoms with E-state index in [0.717, 1.165) is 22.1 Å². The lowest BCUT2D eigenvalue weighted by Crippen LogP contribution is -2.08. The van der Waals surface area contributed by atoms with Crippen LogP contribution in [0, 0.1) is 13.8 Å². The minimum absolute atomic E-state index is 0.200. The molecular formula is C16H18N4S. The van der Waals surface area contributed by atoms with Gasteiger partial charge in [-0.05, 0) is 51.1 Å². The fraction of sp³-hybridized carbons (Fsp3) is 0.250. The highest BCUT2D eigenvalue weighted by Gasteiger charge is 2.12. The van der Waals surface area contributed by atoms with Crippen molar-refractivity contribution < 1.29 is 0 Å². The Balaban J connectivity index is 1.74. The highest BCUT2D eigenvalue weighted by molar-refractivity contribution is 7.11. The number of hydrogen-bond acceptors (Lipinski definition) is 4. The Morgan fingerprint density at radius 3 is 2.52 bits per heavy atom. The molecule has 3 rings (SSSR count). The van der Waals surface area contributed by atoms with Gasteiger partial charge in [0, 0.05) is 23.0 Å². The topological polar surface area (TPSA) is 42.7 Å². The van der Waals surface area contributed by atoms with Gasteiger partial charge >= 0.3 is 0 Å². The summed E-state index contributed by atoms with van der Waals surface area (Å²) in [6.45, 7) is 6.31. The molecule has 3 aromatic rings. The van der Waals surface area contributed by atoms with Crippen LogP contribution in [0.15, 0.2) is 42.7 Å². The predicted octanol–water partition coefficient (Wildman–Crippen LogP) is 4.12. The number of nitrogens with one attached hydrogen (secondary N) is 1. The molecule has 0 amide bonds. The summed E-state index contributed by atoms with van der Waals surface area (Å²) in [5.41, 5.74) is 3.27. The fourth-order valence-corrected chi connectivity index (χ4v) is 3.31. The third-order valence-corrected chi connectivity index (χ3v) is 4.27. The van der Waals surface area contributed by atoms with E-state index >= 15 is 0 Å².